The maximum Gasteiger partial charge on any atom is 0.193 e. The van der Waals surface area contributed by atoms with Gasteiger partial charge in [0.2, 0.25) is 0 Å². The van der Waals surface area contributed by atoms with Gasteiger partial charge < -0.3 is 15.0 Å². The molecule has 1 rings (SSSR count). The smallest absolute Gasteiger partial charge is 0.193 e. The monoisotopic (exact) mass is 391 g/mol. The van der Waals surface area contributed by atoms with E-state index in [0.717, 1.165) is 25.5 Å². The highest BCUT2D eigenvalue weighted by atomic mass is 127. The Labute approximate surface area is 139 Å². The molecule has 20 heavy (non-hydrogen) atoms. The Kier molecular flexibility index (Phi) is 10.5. The van der Waals surface area contributed by atoms with Crippen molar-refractivity contribution in [1.82, 2.24) is 10.2 Å². The van der Waals surface area contributed by atoms with E-state index in [-0.39, 0.29) is 30.1 Å². The first-order chi connectivity index (χ1) is 9.15. The van der Waals surface area contributed by atoms with Crippen molar-refractivity contribution in [1.29, 1.82) is 0 Å². The van der Waals surface area contributed by atoms with Crippen LogP contribution in [0.25, 0.3) is 0 Å². The van der Waals surface area contributed by atoms with E-state index in [0.29, 0.717) is 0 Å². The van der Waals surface area contributed by atoms with E-state index in [1.54, 1.807) is 7.05 Å². The van der Waals surface area contributed by atoms with Crippen molar-refractivity contribution < 1.29 is 4.74 Å². The first-order valence-corrected chi connectivity index (χ1v) is 6.69. The fraction of sp³-hybridized carbons (Fsp3) is 0.533. The summed E-state index contributed by atoms with van der Waals surface area (Å²) in [6.07, 6.45) is 1.11. The number of hydrogen-bond acceptors (Lipinski definition) is 2. The number of benzene rings is 1. The van der Waals surface area contributed by atoms with Crippen molar-refractivity contribution >= 4 is 29.9 Å². The fourth-order valence-electron chi connectivity index (χ4n) is 1.79. The van der Waals surface area contributed by atoms with Gasteiger partial charge in [-0.15, -0.1) is 24.0 Å². The average molecular weight is 391 g/mol. The summed E-state index contributed by atoms with van der Waals surface area (Å²) in [5.74, 6) is 0.899. The van der Waals surface area contributed by atoms with E-state index in [1.807, 2.05) is 37.2 Å². The second-order valence-corrected chi connectivity index (χ2v) is 4.65. The van der Waals surface area contributed by atoms with Crippen LogP contribution >= 0.6 is 24.0 Å². The summed E-state index contributed by atoms with van der Waals surface area (Å²) >= 11 is 0. The van der Waals surface area contributed by atoms with Crippen molar-refractivity contribution in [2.75, 3.05) is 34.3 Å². The minimum atomic E-state index is 0. The molecule has 0 spiro atoms. The van der Waals surface area contributed by atoms with Crippen LogP contribution in [0, 0.1) is 0 Å². The van der Waals surface area contributed by atoms with Gasteiger partial charge in [-0.2, -0.15) is 0 Å². The summed E-state index contributed by atoms with van der Waals surface area (Å²) in [4.78, 5) is 6.12. The Bertz CT molecular complexity index is 382. The molecule has 0 bridgehead atoms. The van der Waals surface area contributed by atoms with Crippen LogP contribution in [0.2, 0.25) is 0 Å². The van der Waals surface area contributed by atoms with Crippen LogP contribution in [-0.4, -0.2) is 45.2 Å². The fourth-order valence-corrected chi connectivity index (χ4v) is 1.79. The molecule has 4 nitrogen and oxygen atoms in total. The van der Waals surface area contributed by atoms with Crippen LogP contribution in [0.4, 0.5) is 0 Å². The molecule has 5 heteroatoms. The molecule has 1 aromatic carbocycles. The minimum Gasteiger partial charge on any atom is -0.374 e. The normalized spacial score (nSPS) is 12.5. The van der Waals surface area contributed by atoms with Crippen LogP contribution in [0.5, 0.6) is 0 Å². The van der Waals surface area contributed by atoms with Gasteiger partial charge in [-0.3, -0.25) is 4.99 Å². The van der Waals surface area contributed by atoms with E-state index in [2.05, 4.69) is 29.4 Å². The van der Waals surface area contributed by atoms with E-state index in [1.165, 1.54) is 5.56 Å². The Morgan fingerprint density at radius 3 is 2.50 bits per heavy atom. The van der Waals surface area contributed by atoms with Crippen molar-refractivity contribution in [3.63, 3.8) is 0 Å². The SMILES string of the molecule is CN=C(NCCCOC(C)c1ccccc1)N(C)C.I. The Morgan fingerprint density at radius 2 is 1.95 bits per heavy atom. The molecule has 0 aliphatic heterocycles. The lowest BCUT2D eigenvalue weighted by Gasteiger charge is -2.17. The second-order valence-electron chi connectivity index (χ2n) is 4.65. The number of nitrogens with zero attached hydrogens (tertiary/aromatic N) is 2. The van der Waals surface area contributed by atoms with Gasteiger partial charge in [0, 0.05) is 34.3 Å². The average Bonchev–Trinajstić information content (AvgIpc) is 2.43. The highest BCUT2D eigenvalue weighted by Crippen LogP contribution is 2.15. The maximum absolute atomic E-state index is 5.81. The van der Waals surface area contributed by atoms with Crippen molar-refractivity contribution in [2.24, 2.45) is 4.99 Å². The van der Waals surface area contributed by atoms with Crippen LogP contribution in [0.3, 0.4) is 0 Å². The number of halogens is 1. The van der Waals surface area contributed by atoms with Gasteiger partial charge in [-0.05, 0) is 18.9 Å². The van der Waals surface area contributed by atoms with Gasteiger partial charge in [0.15, 0.2) is 5.96 Å². The van der Waals surface area contributed by atoms with Crippen LogP contribution < -0.4 is 5.32 Å². The molecule has 0 heterocycles. The first-order valence-electron chi connectivity index (χ1n) is 6.69. The van der Waals surface area contributed by atoms with Crippen LogP contribution in [0.1, 0.15) is 25.0 Å². The molecule has 0 aromatic heterocycles. The molecule has 0 aliphatic rings. The highest BCUT2D eigenvalue weighted by Gasteiger charge is 2.04. The third-order valence-corrected chi connectivity index (χ3v) is 2.88. The van der Waals surface area contributed by atoms with E-state index < -0.39 is 0 Å². The Hall–Kier alpha value is -0.820. The highest BCUT2D eigenvalue weighted by molar-refractivity contribution is 14.0. The molecule has 0 saturated heterocycles. The van der Waals surface area contributed by atoms with Gasteiger partial charge in [-0.1, -0.05) is 30.3 Å². The largest absolute Gasteiger partial charge is 0.374 e. The summed E-state index contributed by atoms with van der Waals surface area (Å²) in [5, 5.41) is 3.28. The third-order valence-electron chi connectivity index (χ3n) is 2.88. The zero-order valence-electron chi connectivity index (χ0n) is 12.8. The summed E-state index contributed by atoms with van der Waals surface area (Å²) in [6.45, 7) is 3.70. The summed E-state index contributed by atoms with van der Waals surface area (Å²) in [5.41, 5.74) is 1.22. The molecule has 1 atom stereocenters. The number of ether oxygens (including phenoxy) is 1. The summed E-state index contributed by atoms with van der Waals surface area (Å²) in [6, 6.07) is 10.3. The molecule has 1 N–H and O–H groups in total. The lowest BCUT2D eigenvalue weighted by atomic mass is 10.1. The summed E-state index contributed by atoms with van der Waals surface area (Å²) < 4.78 is 5.81. The van der Waals surface area contributed by atoms with Crippen molar-refractivity contribution in [3.05, 3.63) is 35.9 Å². The standard InChI is InChI=1S/C15H25N3O.HI/c1-13(14-9-6-5-7-10-14)19-12-8-11-17-15(16-2)18(3)4;/h5-7,9-10,13H,8,11-12H2,1-4H3,(H,16,17);1H. The molecule has 0 fully saturated rings. The number of nitrogens with one attached hydrogen (secondary N) is 1. The lowest BCUT2D eigenvalue weighted by Crippen LogP contribution is -2.37. The van der Waals surface area contributed by atoms with E-state index >= 15 is 0 Å². The molecule has 0 radical (unpaired) electrons. The predicted molar refractivity (Wildman–Crippen MR) is 95.9 cm³/mol. The Balaban J connectivity index is 0.00000361. The van der Waals surface area contributed by atoms with Gasteiger partial charge in [0.05, 0.1) is 6.10 Å². The molecule has 1 unspecified atom stereocenters. The maximum atomic E-state index is 5.81. The number of hydrogen-bond donors (Lipinski definition) is 1. The summed E-state index contributed by atoms with van der Waals surface area (Å²) in [7, 11) is 5.74. The molecule has 114 valence electrons. The van der Waals surface area contributed by atoms with E-state index in [9.17, 15) is 0 Å². The third kappa shape index (κ3) is 7.09. The van der Waals surface area contributed by atoms with Gasteiger partial charge in [-0.25, -0.2) is 0 Å². The second kappa shape index (κ2) is 10.9. The zero-order valence-corrected chi connectivity index (χ0v) is 15.1. The molecular weight excluding hydrogens is 365 g/mol. The number of guanidine groups is 1. The van der Waals surface area contributed by atoms with Crippen molar-refractivity contribution in [2.45, 2.75) is 19.4 Å². The van der Waals surface area contributed by atoms with Crippen molar-refractivity contribution in [3.8, 4) is 0 Å². The Morgan fingerprint density at radius 1 is 1.30 bits per heavy atom. The van der Waals surface area contributed by atoms with Crippen LogP contribution in [-0.2, 0) is 4.74 Å². The molecule has 0 amide bonds. The lowest BCUT2D eigenvalue weighted by molar-refractivity contribution is 0.0645. The predicted octanol–water partition coefficient (Wildman–Crippen LogP) is 2.91. The topological polar surface area (TPSA) is 36.9 Å². The number of aliphatic imine (C=N–C) groups is 1. The minimum absolute atomic E-state index is 0. The molecular formula is C15H26IN3O. The molecule has 1 aromatic rings. The van der Waals surface area contributed by atoms with E-state index in [4.69, 9.17) is 4.74 Å². The quantitative estimate of drug-likeness (QED) is 0.351. The van der Waals surface area contributed by atoms with Crippen LogP contribution in [0.15, 0.2) is 35.3 Å². The first kappa shape index (κ1) is 19.2. The number of rotatable bonds is 6. The van der Waals surface area contributed by atoms with Gasteiger partial charge in [0.25, 0.3) is 0 Å². The van der Waals surface area contributed by atoms with Gasteiger partial charge >= 0.3 is 0 Å². The van der Waals surface area contributed by atoms with Gasteiger partial charge in [0.1, 0.15) is 0 Å². The molecule has 0 saturated carbocycles. The zero-order chi connectivity index (χ0) is 14.1. The molecule has 0 aliphatic carbocycles.